The van der Waals surface area contributed by atoms with Crippen LogP contribution in [0.15, 0.2) is 23.1 Å². The van der Waals surface area contributed by atoms with Crippen molar-refractivity contribution in [2.75, 3.05) is 40.0 Å². The van der Waals surface area contributed by atoms with Crippen LogP contribution in [0.1, 0.15) is 6.42 Å². The normalized spacial score (nSPS) is 10.7. The molecular formula is C13H22N4O2. The van der Waals surface area contributed by atoms with Crippen LogP contribution in [-0.4, -0.2) is 54.5 Å². The Kier molecular flexibility index (Phi) is 5.57. The van der Waals surface area contributed by atoms with Gasteiger partial charge >= 0.3 is 0 Å². The number of nitrogens with two attached hydrogens (primary N) is 1. The number of hydrogen-bond acceptors (Lipinski definition) is 4. The standard InChI is InChI=1S/C13H22N4O2/c1-15(2)7-4-8-16(3)13(19)10-17-9-11(14)5-6-12(17)18/h5-6,9H,4,7-8,10,14H2,1-3H3. The number of pyridine rings is 1. The van der Waals surface area contributed by atoms with E-state index in [9.17, 15) is 9.59 Å². The summed E-state index contributed by atoms with van der Waals surface area (Å²) in [5, 5.41) is 0. The number of amides is 1. The molecule has 1 heterocycles. The van der Waals surface area contributed by atoms with Crippen molar-refractivity contribution in [2.45, 2.75) is 13.0 Å². The molecule has 0 fully saturated rings. The Balaban J connectivity index is 2.54. The first kappa shape index (κ1) is 15.2. The average molecular weight is 266 g/mol. The molecule has 0 aromatic carbocycles. The number of likely N-dealkylation sites (N-methyl/N-ethyl adjacent to an activating group) is 1. The van der Waals surface area contributed by atoms with Gasteiger partial charge in [0.15, 0.2) is 0 Å². The number of hydrogen-bond donors (Lipinski definition) is 1. The third-order valence-corrected chi connectivity index (χ3v) is 2.84. The molecule has 6 heteroatoms. The van der Waals surface area contributed by atoms with E-state index in [1.165, 1.54) is 22.9 Å². The van der Waals surface area contributed by atoms with E-state index < -0.39 is 0 Å². The average Bonchev–Trinajstić information content (AvgIpc) is 2.33. The first-order valence-corrected chi connectivity index (χ1v) is 6.25. The fourth-order valence-electron chi connectivity index (χ4n) is 1.69. The molecule has 0 saturated heterocycles. The maximum Gasteiger partial charge on any atom is 0.251 e. The van der Waals surface area contributed by atoms with Crippen LogP contribution >= 0.6 is 0 Å². The first-order valence-electron chi connectivity index (χ1n) is 6.25. The van der Waals surface area contributed by atoms with Crippen LogP contribution in [0.5, 0.6) is 0 Å². The maximum atomic E-state index is 12.0. The van der Waals surface area contributed by atoms with Gasteiger partial charge in [0.2, 0.25) is 5.91 Å². The van der Waals surface area contributed by atoms with Crippen molar-refractivity contribution < 1.29 is 4.79 Å². The summed E-state index contributed by atoms with van der Waals surface area (Å²) in [7, 11) is 5.73. The molecular weight excluding hydrogens is 244 g/mol. The van der Waals surface area contributed by atoms with Gasteiger partial charge in [-0.15, -0.1) is 0 Å². The number of nitrogen functional groups attached to an aromatic ring is 1. The van der Waals surface area contributed by atoms with Crippen molar-refractivity contribution in [3.8, 4) is 0 Å². The lowest BCUT2D eigenvalue weighted by Crippen LogP contribution is -2.35. The van der Waals surface area contributed by atoms with Gasteiger partial charge in [-0.1, -0.05) is 0 Å². The Labute approximate surface area is 113 Å². The summed E-state index contributed by atoms with van der Waals surface area (Å²) in [6.45, 7) is 1.63. The number of anilines is 1. The SMILES string of the molecule is CN(C)CCCN(C)C(=O)Cn1cc(N)ccc1=O. The molecule has 0 saturated carbocycles. The van der Waals surface area contributed by atoms with E-state index >= 15 is 0 Å². The minimum atomic E-state index is -0.218. The topological polar surface area (TPSA) is 71.6 Å². The Hall–Kier alpha value is -1.82. The zero-order valence-corrected chi connectivity index (χ0v) is 11.8. The molecule has 0 radical (unpaired) electrons. The molecule has 0 bridgehead atoms. The van der Waals surface area contributed by atoms with Crippen molar-refractivity contribution in [1.82, 2.24) is 14.4 Å². The maximum absolute atomic E-state index is 12.0. The number of carbonyl (C=O) groups excluding carboxylic acids is 1. The number of rotatable bonds is 6. The minimum absolute atomic E-state index is 0.0301. The lowest BCUT2D eigenvalue weighted by atomic mass is 10.3. The molecule has 0 spiro atoms. The van der Waals surface area contributed by atoms with Crippen molar-refractivity contribution >= 4 is 11.6 Å². The highest BCUT2D eigenvalue weighted by atomic mass is 16.2. The van der Waals surface area contributed by atoms with Crippen molar-refractivity contribution in [1.29, 1.82) is 0 Å². The van der Waals surface area contributed by atoms with Crippen LogP contribution in [0.3, 0.4) is 0 Å². The fourth-order valence-corrected chi connectivity index (χ4v) is 1.69. The molecule has 1 aromatic heterocycles. The molecule has 0 aliphatic heterocycles. The predicted molar refractivity (Wildman–Crippen MR) is 75.9 cm³/mol. The Morgan fingerprint density at radius 2 is 1.95 bits per heavy atom. The molecule has 1 aromatic rings. The molecule has 2 N–H and O–H groups in total. The predicted octanol–water partition coefficient (Wildman–Crippen LogP) is -0.159. The Morgan fingerprint density at radius 3 is 2.58 bits per heavy atom. The van der Waals surface area contributed by atoms with E-state index in [1.807, 2.05) is 14.1 Å². The second-order valence-electron chi connectivity index (χ2n) is 4.90. The molecule has 106 valence electrons. The van der Waals surface area contributed by atoms with Crippen molar-refractivity contribution in [2.24, 2.45) is 0 Å². The number of carbonyl (C=O) groups is 1. The second-order valence-corrected chi connectivity index (χ2v) is 4.90. The van der Waals surface area contributed by atoms with Gasteiger partial charge in [-0.05, 0) is 33.1 Å². The first-order chi connectivity index (χ1) is 8.90. The molecule has 0 unspecified atom stereocenters. The molecule has 1 amide bonds. The summed E-state index contributed by atoms with van der Waals surface area (Å²) in [5.74, 6) is -0.0912. The zero-order valence-electron chi connectivity index (χ0n) is 11.8. The minimum Gasteiger partial charge on any atom is -0.398 e. The van der Waals surface area contributed by atoms with Crippen molar-refractivity contribution in [3.63, 3.8) is 0 Å². The van der Waals surface area contributed by atoms with Gasteiger partial charge in [0.25, 0.3) is 5.56 Å². The second kappa shape index (κ2) is 6.94. The van der Waals surface area contributed by atoms with Crippen LogP contribution in [0.2, 0.25) is 0 Å². The van der Waals surface area contributed by atoms with Gasteiger partial charge in [-0.2, -0.15) is 0 Å². The van der Waals surface area contributed by atoms with E-state index in [4.69, 9.17) is 5.73 Å². The highest BCUT2D eigenvalue weighted by Gasteiger charge is 2.10. The smallest absolute Gasteiger partial charge is 0.251 e. The molecule has 1 rings (SSSR count). The molecule has 0 aliphatic rings. The highest BCUT2D eigenvalue weighted by molar-refractivity contribution is 5.75. The number of nitrogens with zero attached hydrogens (tertiary/aromatic N) is 3. The van der Waals surface area contributed by atoms with E-state index in [2.05, 4.69) is 4.90 Å². The molecule has 19 heavy (non-hydrogen) atoms. The zero-order chi connectivity index (χ0) is 14.4. The van der Waals surface area contributed by atoms with E-state index in [-0.39, 0.29) is 18.0 Å². The monoisotopic (exact) mass is 266 g/mol. The van der Waals surface area contributed by atoms with Crippen LogP contribution in [-0.2, 0) is 11.3 Å². The quantitative estimate of drug-likeness (QED) is 0.776. The van der Waals surface area contributed by atoms with Gasteiger partial charge in [-0.25, -0.2) is 0 Å². The molecule has 0 atom stereocenters. The van der Waals surface area contributed by atoms with Gasteiger partial charge in [0.05, 0.1) is 0 Å². The van der Waals surface area contributed by atoms with Gasteiger partial charge in [0, 0.05) is 31.5 Å². The third-order valence-electron chi connectivity index (χ3n) is 2.84. The van der Waals surface area contributed by atoms with Gasteiger partial charge < -0.3 is 20.1 Å². The summed E-state index contributed by atoms with van der Waals surface area (Å²) in [5.41, 5.74) is 5.86. The highest BCUT2D eigenvalue weighted by Crippen LogP contribution is 1.98. The van der Waals surface area contributed by atoms with Crippen LogP contribution in [0, 0.1) is 0 Å². The van der Waals surface area contributed by atoms with Gasteiger partial charge in [-0.3, -0.25) is 9.59 Å². The Bertz CT molecular complexity index is 482. The lowest BCUT2D eigenvalue weighted by Gasteiger charge is -2.19. The summed E-state index contributed by atoms with van der Waals surface area (Å²) in [6.07, 6.45) is 2.40. The largest absolute Gasteiger partial charge is 0.398 e. The summed E-state index contributed by atoms with van der Waals surface area (Å²) in [4.78, 5) is 27.2. The summed E-state index contributed by atoms with van der Waals surface area (Å²) >= 11 is 0. The molecule has 0 aliphatic carbocycles. The van der Waals surface area contributed by atoms with E-state index in [0.717, 1.165) is 13.0 Å². The summed E-state index contributed by atoms with van der Waals surface area (Å²) < 4.78 is 1.33. The molecule has 6 nitrogen and oxygen atoms in total. The van der Waals surface area contributed by atoms with Gasteiger partial charge in [0.1, 0.15) is 6.54 Å². The van der Waals surface area contributed by atoms with E-state index in [0.29, 0.717) is 12.2 Å². The van der Waals surface area contributed by atoms with Crippen LogP contribution < -0.4 is 11.3 Å². The van der Waals surface area contributed by atoms with Crippen LogP contribution in [0.25, 0.3) is 0 Å². The third kappa shape index (κ3) is 5.13. The van der Waals surface area contributed by atoms with E-state index in [1.54, 1.807) is 11.9 Å². The summed E-state index contributed by atoms with van der Waals surface area (Å²) in [6, 6.07) is 2.90. The van der Waals surface area contributed by atoms with Crippen LogP contribution in [0.4, 0.5) is 5.69 Å². The number of aromatic nitrogens is 1. The fraction of sp³-hybridized carbons (Fsp3) is 0.538. The Morgan fingerprint density at radius 1 is 1.26 bits per heavy atom. The lowest BCUT2D eigenvalue weighted by molar-refractivity contribution is -0.130. The van der Waals surface area contributed by atoms with Crippen molar-refractivity contribution in [3.05, 3.63) is 28.7 Å².